The van der Waals surface area contributed by atoms with Crippen LogP contribution in [0.3, 0.4) is 0 Å². The van der Waals surface area contributed by atoms with E-state index in [1.165, 1.54) is 5.56 Å². The van der Waals surface area contributed by atoms with E-state index in [0.717, 1.165) is 11.3 Å². The van der Waals surface area contributed by atoms with Crippen molar-refractivity contribution >= 4 is 5.91 Å². The lowest BCUT2D eigenvalue weighted by molar-refractivity contribution is -0.123. The smallest absolute Gasteiger partial charge is 0.258 e. The van der Waals surface area contributed by atoms with Crippen LogP contribution in [0, 0.1) is 13.8 Å². The second kappa shape index (κ2) is 7.55. The zero-order valence-electron chi connectivity index (χ0n) is 15.5. The van der Waals surface area contributed by atoms with Crippen molar-refractivity contribution in [2.24, 2.45) is 0 Å². The fourth-order valence-corrected chi connectivity index (χ4v) is 2.54. The molecule has 5 nitrogen and oxygen atoms in total. The molecular formula is C20H26N2O3. The van der Waals surface area contributed by atoms with Gasteiger partial charge in [0.05, 0.1) is 0 Å². The van der Waals surface area contributed by atoms with E-state index >= 15 is 0 Å². The monoisotopic (exact) mass is 342 g/mol. The molecule has 0 saturated carbocycles. The number of aromatic amines is 1. The highest BCUT2D eigenvalue weighted by Gasteiger charge is 2.13. The Kier molecular flexibility index (Phi) is 5.67. The third-order valence-corrected chi connectivity index (χ3v) is 4.05. The lowest BCUT2D eigenvalue weighted by Crippen LogP contribution is -2.31. The molecule has 2 rings (SSSR count). The standard InChI is InChI=1S/C20H26N2O3/c1-13-10-14(2)22-19(24)17(13)11-21-18(23)12-25-16-8-6-15(7-9-16)20(3,4)5/h6-10H,11-12H2,1-5H3,(H,21,23)(H,22,24). The van der Waals surface area contributed by atoms with E-state index in [2.05, 4.69) is 31.1 Å². The van der Waals surface area contributed by atoms with E-state index in [1.807, 2.05) is 44.2 Å². The van der Waals surface area contributed by atoms with Crippen molar-refractivity contribution in [2.45, 2.75) is 46.6 Å². The maximum atomic E-state index is 12.0. The highest BCUT2D eigenvalue weighted by Crippen LogP contribution is 2.24. The molecule has 0 bridgehead atoms. The quantitative estimate of drug-likeness (QED) is 0.877. The number of ether oxygens (including phenoxy) is 1. The van der Waals surface area contributed by atoms with E-state index in [1.54, 1.807) is 0 Å². The maximum absolute atomic E-state index is 12.0. The van der Waals surface area contributed by atoms with Crippen LogP contribution in [0.2, 0.25) is 0 Å². The minimum Gasteiger partial charge on any atom is -0.484 e. The molecule has 0 atom stereocenters. The Morgan fingerprint density at radius 2 is 1.80 bits per heavy atom. The number of nitrogens with one attached hydrogen (secondary N) is 2. The van der Waals surface area contributed by atoms with Crippen molar-refractivity contribution in [1.29, 1.82) is 0 Å². The molecule has 0 aliphatic rings. The number of aryl methyl sites for hydroxylation is 2. The van der Waals surface area contributed by atoms with Crippen LogP contribution in [-0.4, -0.2) is 17.5 Å². The number of benzene rings is 1. The zero-order valence-corrected chi connectivity index (χ0v) is 15.5. The van der Waals surface area contributed by atoms with Gasteiger partial charge >= 0.3 is 0 Å². The molecule has 25 heavy (non-hydrogen) atoms. The highest BCUT2D eigenvalue weighted by atomic mass is 16.5. The summed E-state index contributed by atoms with van der Waals surface area (Å²) < 4.78 is 5.51. The molecule has 1 heterocycles. The van der Waals surface area contributed by atoms with Crippen molar-refractivity contribution in [2.75, 3.05) is 6.61 Å². The molecule has 0 fully saturated rings. The minimum absolute atomic E-state index is 0.0782. The number of H-pyrrole nitrogens is 1. The Morgan fingerprint density at radius 3 is 2.36 bits per heavy atom. The molecular weight excluding hydrogens is 316 g/mol. The van der Waals surface area contributed by atoms with Gasteiger partial charge in [-0.15, -0.1) is 0 Å². The molecule has 0 spiro atoms. The van der Waals surface area contributed by atoms with Crippen LogP contribution in [0.5, 0.6) is 5.75 Å². The third-order valence-electron chi connectivity index (χ3n) is 4.05. The summed E-state index contributed by atoms with van der Waals surface area (Å²) in [5, 5.41) is 2.72. The molecule has 1 amide bonds. The Labute approximate surface area is 148 Å². The molecule has 2 N–H and O–H groups in total. The minimum atomic E-state index is -0.265. The Bertz CT molecular complexity index is 799. The Balaban J connectivity index is 1.88. The van der Waals surface area contributed by atoms with E-state index in [0.29, 0.717) is 11.3 Å². The first kappa shape index (κ1) is 18.8. The molecule has 2 aromatic rings. The largest absolute Gasteiger partial charge is 0.484 e. The van der Waals surface area contributed by atoms with Gasteiger partial charge in [0.25, 0.3) is 11.5 Å². The summed E-state index contributed by atoms with van der Waals surface area (Å²) in [5.74, 6) is 0.381. The van der Waals surface area contributed by atoms with Crippen LogP contribution < -0.4 is 15.6 Å². The first-order valence-corrected chi connectivity index (χ1v) is 8.36. The normalized spacial score (nSPS) is 11.2. The zero-order chi connectivity index (χ0) is 18.6. The first-order chi connectivity index (χ1) is 11.7. The van der Waals surface area contributed by atoms with Gasteiger partial charge in [0.1, 0.15) is 5.75 Å². The number of hydrogen-bond acceptors (Lipinski definition) is 3. The van der Waals surface area contributed by atoms with E-state index in [9.17, 15) is 9.59 Å². The van der Waals surface area contributed by atoms with Gasteiger partial charge in [-0.1, -0.05) is 32.9 Å². The van der Waals surface area contributed by atoms with Gasteiger partial charge in [-0.05, 0) is 48.6 Å². The van der Waals surface area contributed by atoms with Crippen LogP contribution in [0.4, 0.5) is 0 Å². The van der Waals surface area contributed by atoms with Gasteiger partial charge in [-0.2, -0.15) is 0 Å². The van der Waals surface area contributed by atoms with E-state index in [4.69, 9.17) is 4.74 Å². The topological polar surface area (TPSA) is 71.2 Å². The average Bonchev–Trinajstić information content (AvgIpc) is 2.51. The second-order valence-corrected chi connectivity index (χ2v) is 7.28. The van der Waals surface area contributed by atoms with Gasteiger partial charge in [-0.3, -0.25) is 9.59 Å². The molecule has 5 heteroatoms. The average molecular weight is 342 g/mol. The number of carbonyl (C=O) groups is 1. The van der Waals surface area contributed by atoms with Gasteiger partial charge in [-0.25, -0.2) is 0 Å². The summed E-state index contributed by atoms with van der Waals surface area (Å²) in [6, 6.07) is 9.62. The summed E-state index contributed by atoms with van der Waals surface area (Å²) in [4.78, 5) is 26.6. The molecule has 134 valence electrons. The number of carbonyl (C=O) groups excluding carboxylic acids is 1. The molecule has 1 aromatic heterocycles. The number of aromatic nitrogens is 1. The predicted molar refractivity (Wildman–Crippen MR) is 99.0 cm³/mol. The van der Waals surface area contributed by atoms with Crippen molar-refractivity contribution in [3.8, 4) is 5.75 Å². The SMILES string of the molecule is Cc1cc(C)c(CNC(=O)COc2ccc(C(C)(C)C)cc2)c(=O)[nH]1. The molecule has 0 aliphatic heterocycles. The maximum Gasteiger partial charge on any atom is 0.258 e. The summed E-state index contributed by atoms with van der Waals surface area (Å²) in [6.45, 7) is 10.2. The lowest BCUT2D eigenvalue weighted by Gasteiger charge is -2.19. The summed E-state index contributed by atoms with van der Waals surface area (Å²) in [5.41, 5.74) is 3.35. The Morgan fingerprint density at radius 1 is 1.16 bits per heavy atom. The van der Waals surface area contributed by atoms with Gasteiger partial charge in [0.2, 0.25) is 0 Å². The van der Waals surface area contributed by atoms with Crippen LogP contribution in [0.15, 0.2) is 35.1 Å². The van der Waals surface area contributed by atoms with Crippen LogP contribution in [-0.2, 0) is 16.8 Å². The third kappa shape index (κ3) is 5.21. The molecule has 0 unspecified atom stereocenters. The van der Waals surface area contributed by atoms with Crippen LogP contribution >= 0.6 is 0 Å². The summed E-state index contributed by atoms with van der Waals surface area (Å²) >= 11 is 0. The number of amides is 1. The van der Waals surface area contributed by atoms with Crippen molar-refractivity contribution < 1.29 is 9.53 Å². The number of pyridine rings is 1. The fraction of sp³-hybridized carbons (Fsp3) is 0.400. The molecule has 1 aromatic carbocycles. The van der Waals surface area contributed by atoms with E-state index in [-0.39, 0.29) is 30.0 Å². The molecule has 0 radical (unpaired) electrons. The fourth-order valence-electron chi connectivity index (χ4n) is 2.54. The summed E-state index contributed by atoms with van der Waals surface area (Å²) in [7, 11) is 0. The van der Waals surface area contributed by atoms with Crippen molar-refractivity contribution in [3.05, 3.63) is 63.1 Å². The van der Waals surface area contributed by atoms with Gasteiger partial charge < -0.3 is 15.0 Å². The van der Waals surface area contributed by atoms with Crippen molar-refractivity contribution in [1.82, 2.24) is 10.3 Å². The van der Waals surface area contributed by atoms with Gasteiger partial charge in [0, 0.05) is 17.8 Å². The van der Waals surface area contributed by atoms with Crippen LogP contribution in [0.1, 0.15) is 43.2 Å². The first-order valence-electron chi connectivity index (χ1n) is 8.36. The highest BCUT2D eigenvalue weighted by molar-refractivity contribution is 5.77. The number of hydrogen-bond donors (Lipinski definition) is 2. The second-order valence-electron chi connectivity index (χ2n) is 7.28. The molecule has 0 aliphatic carbocycles. The van der Waals surface area contributed by atoms with Crippen molar-refractivity contribution in [3.63, 3.8) is 0 Å². The lowest BCUT2D eigenvalue weighted by atomic mass is 9.87. The predicted octanol–water partition coefficient (Wildman–Crippen LogP) is 2.98. The number of rotatable bonds is 5. The van der Waals surface area contributed by atoms with Gasteiger partial charge in [0.15, 0.2) is 6.61 Å². The summed E-state index contributed by atoms with van der Waals surface area (Å²) in [6.07, 6.45) is 0. The Hall–Kier alpha value is -2.56. The van der Waals surface area contributed by atoms with E-state index < -0.39 is 0 Å². The van der Waals surface area contributed by atoms with Crippen LogP contribution in [0.25, 0.3) is 0 Å². The molecule has 0 saturated heterocycles.